The van der Waals surface area contributed by atoms with Crippen molar-refractivity contribution in [2.45, 2.75) is 26.4 Å². The average molecular weight is 239 g/mol. The number of carbonyl (C=O) groups excluding carboxylic acids is 2. The quantitative estimate of drug-likeness (QED) is 0.795. The highest BCUT2D eigenvalue weighted by molar-refractivity contribution is 5.94. The number of rotatable bonds is 2. The van der Waals surface area contributed by atoms with Crippen LogP contribution >= 0.6 is 0 Å². The minimum absolute atomic E-state index is 0.0587. The van der Waals surface area contributed by atoms with Gasteiger partial charge in [-0.1, -0.05) is 0 Å². The Morgan fingerprint density at radius 2 is 1.94 bits per heavy atom. The van der Waals surface area contributed by atoms with Gasteiger partial charge in [0.05, 0.1) is 5.69 Å². The van der Waals surface area contributed by atoms with Gasteiger partial charge in [-0.05, 0) is 32.9 Å². The molecule has 0 bridgehead atoms. The second-order valence-electron chi connectivity index (χ2n) is 4.38. The minimum atomic E-state index is -1.30. The Labute approximate surface area is 97.8 Å². The standard InChI is InChI=1S/C11H13NO5/c1-11(2,3)17-10(16)12-7(6-13)4-5-8(12)9(14)15/h4-6H,1-3H3,(H,14,15). The molecule has 0 aromatic carbocycles. The van der Waals surface area contributed by atoms with Crippen LogP contribution in [0.3, 0.4) is 0 Å². The van der Waals surface area contributed by atoms with Gasteiger partial charge < -0.3 is 9.84 Å². The monoisotopic (exact) mass is 239 g/mol. The summed E-state index contributed by atoms with van der Waals surface area (Å²) in [5.41, 5.74) is -1.13. The Hall–Kier alpha value is -2.11. The molecule has 1 N–H and O–H groups in total. The molecule has 0 aliphatic rings. The lowest BCUT2D eigenvalue weighted by Crippen LogP contribution is -2.29. The van der Waals surface area contributed by atoms with Crippen LogP contribution in [0.4, 0.5) is 4.79 Å². The second-order valence-corrected chi connectivity index (χ2v) is 4.38. The van der Waals surface area contributed by atoms with Crippen LogP contribution in [0.5, 0.6) is 0 Å². The Balaban J connectivity index is 3.19. The molecule has 1 heterocycles. The molecular weight excluding hydrogens is 226 g/mol. The molecule has 0 saturated carbocycles. The summed E-state index contributed by atoms with van der Waals surface area (Å²) in [6.07, 6.45) is -0.488. The third-order valence-corrected chi connectivity index (χ3v) is 1.83. The van der Waals surface area contributed by atoms with E-state index in [1.807, 2.05) is 0 Å². The fourth-order valence-corrected chi connectivity index (χ4v) is 1.22. The van der Waals surface area contributed by atoms with E-state index in [2.05, 4.69) is 0 Å². The minimum Gasteiger partial charge on any atom is -0.477 e. The number of carboxylic acids is 1. The van der Waals surface area contributed by atoms with Crippen molar-refractivity contribution >= 4 is 18.3 Å². The third kappa shape index (κ3) is 2.93. The highest BCUT2D eigenvalue weighted by Crippen LogP contribution is 2.13. The number of aldehydes is 1. The first kappa shape index (κ1) is 13.0. The van der Waals surface area contributed by atoms with Crippen LogP contribution in [0.1, 0.15) is 41.7 Å². The molecule has 0 aliphatic heterocycles. The summed E-state index contributed by atoms with van der Waals surface area (Å²) >= 11 is 0. The van der Waals surface area contributed by atoms with Gasteiger partial charge >= 0.3 is 12.1 Å². The number of ether oxygens (including phenoxy) is 1. The van der Waals surface area contributed by atoms with Crippen LogP contribution in [-0.4, -0.2) is 33.6 Å². The highest BCUT2D eigenvalue weighted by Gasteiger charge is 2.24. The molecule has 17 heavy (non-hydrogen) atoms. The van der Waals surface area contributed by atoms with Gasteiger partial charge in [-0.2, -0.15) is 0 Å². The highest BCUT2D eigenvalue weighted by atomic mass is 16.6. The fourth-order valence-electron chi connectivity index (χ4n) is 1.22. The smallest absolute Gasteiger partial charge is 0.419 e. The number of aromatic nitrogens is 1. The molecule has 0 unspecified atom stereocenters. The summed E-state index contributed by atoms with van der Waals surface area (Å²) in [6, 6.07) is 2.43. The second kappa shape index (κ2) is 4.40. The fraction of sp³-hybridized carbons (Fsp3) is 0.364. The molecule has 6 heteroatoms. The predicted molar refractivity (Wildman–Crippen MR) is 58.4 cm³/mol. The summed E-state index contributed by atoms with van der Waals surface area (Å²) in [4.78, 5) is 33.3. The van der Waals surface area contributed by atoms with Crippen molar-refractivity contribution in [3.05, 3.63) is 23.5 Å². The molecule has 0 aliphatic carbocycles. The molecular formula is C11H13NO5. The summed E-state index contributed by atoms with van der Waals surface area (Å²) in [5.74, 6) is -1.30. The van der Waals surface area contributed by atoms with Crippen molar-refractivity contribution < 1.29 is 24.2 Å². The molecule has 0 fully saturated rings. The van der Waals surface area contributed by atoms with Crippen LogP contribution in [-0.2, 0) is 4.74 Å². The lowest BCUT2D eigenvalue weighted by molar-refractivity contribution is 0.0500. The van der Waals surface area contributed by atoms with Gasteiger partial charge in [-0.25, -0.2) is 14.2 Å². The molecule has 1 aromatic rings. The van der Waals surface area contributed by atoms with E-state index in [1.54, 1.807) is 20.8 Å². The molecule has 1 rings (SSSR count). The van der Waals surface area contributed by atoms with Gasteiger partial charge in [0.1, 0.15) is 11.3 Å². The van der Waals surface area contributed by atoms with E-state index in [0.717, 1.165) is 4.57 Å². The van der Waals surface area contributed by atoms with Gasteiger partial charge in [0.15, 0.2) is 6.29 Å². The average Bonchev–Trinajstić information content (AvgIpc) is 2.57. The van der Waals surface area contributed by atoms with Crippen molar-refractivity contribution in [3.8, 4) is 0 Å². The Kier molecular flexibility index (Phi) is 3.36. The van der Waals surface area contributed by atoms with Crippen molar-refractivity contribution in [2.75, 3.05) is 0 Å². The van der Waals surface area contributed by atoms with E-state index in [1.165, 1.54) is 12.1 Å². The summed E-state index contributed by atoms with van der Waals surface area (Å²) in [5, 5.41) is 8.88. The maximum absolute atomic E-state index is 11.7. The van der Waals surface area contributed by atoms with Crippen molar-refractivity contribution in [1.29, 1.82) is 0 Å². The summed E-state index contributed by atoms with van der Waals surface area (Å²) in [7, 11) is 0. The lowest BCUT2D eigenvalue weighted by Gasteiger charge is -2.20. The maximum Gasteiger partial charge on any atom is 0.419 e. The zero-order valence-electron chi connectivity index (χ0n) is 9.76. The van der Waals surface area contributed by atoms with E-state index in [9.17, 15) is 14.4 Å². The lowest BCUT2D eigenvalue weighted by atomic mass is 10.2. The number of hydrogen-bond acceptors (Lipinski definition) is 4. The molecule has 6 nitrogen and oxygen atoms in total. The Morgan fingerprint density at radius 3 is 2.35 bits per heavy atom. The van der Waals surface area contributed by atoms with E-state index in [-0.39, 0.29) is 11.4 Å². The van der Waals surface area contributed by atoms with Crippen LogP contribution in [0.15, 0.2) is 12.1 Å². The van der Waals surface area contributed by atoms with Gasteiger partial charge in [0.2, 0.25) is 0 Å². The number of carbonyl (C=O) groups is 3. The zero-order valence-corrected chi connectivity index (χ0v) is 9.76. The molecule has 0 atom stereocenters. The van der Waals surface area contributed by atoms with E-state index < -0.39 is 17.7 Å². The van der Waals surface area contributed by atoms with Crippen molar-refractivity contribution in [1.82, 2.24) is 4.57 Å². The van der Waals surface area contributed by atoms with Crippen LogP contribution in [0.25, 0.3) is 0 Å². The van der Waals surface area contributed by atoms with Crippen LogP contribution < -0.4 is 0 Å². The van der Waals surface area contributed by atoms with Crippen LogP contribution in [0.2, 0.25) is 0 Å². The SMILES string of the molecule is CC(C)(C)OC(=O)n1c(C=O)ccc1C(=O)O. The van der Waals surface area contributed by atoms with Crippen molar-refractivity contribution in [3.63, 3.8) is 0 Å². The normalized spacial score (nSPS) is 11.0. The molecule has 1 aromatic heterocycles. The summed E-state index contributed by atoms with van der Waals surface area (Å²) in [6.45, 7) is 4.94. The Morgan fingerprint density at radius 1 is 1.35 bits per heavy atom. The first-order chi connectivity index (χ1) is 7.76. The van der Waals surface area contributed by atoms with E-state index >= 15 is 0 Å². The first-order valence-corrected chi connectivity index (χ1v) is 4.90. The maximum atomic E-state index is 11.7. The van der Waals surface area contributed by atoms with E-state index in [0.29, 0.717) is 6.29 Å². The summed E-state index contributed by atoms with van der Waals surface area (Å²) < 4.78 is 5.75. The van der Waals surface area contributed by atoms with Crippen LogP contribution in [0, 0.1) is 0 Å². The number of aromatic carboxylic acids is 1. The molecule has 0 spiro atoms. The number of carboxylic acid groups (broad SMARTS) is 1. The topological polar surface area (TPSA) is 85.6 Å². The van der Waals surface area contributed by atoms with Crippen molar-refractivity contribution in [2.24, 2.45) is 0 Å². The first-order valence-electron chi connectivity index (χ1n) is 4.90. The van der Waals surface area contributed by atoms with Gasteiger partial charge in [0, 0.05) is 0 Å². The predicted octanol–water partition coefficient (Wildman–Crippen LogP) is 1.78. The van der Waals surface area contributed by atoms with E-state index in [4.69, 9.17) is 9.84 Å². The molecule has 0 amide bonds. The Bertz CT molecular complexity index is 467. The largest absolute Gasteiger partial charge is 0.477 e. The number of hydrogen-bond donors (Lipinski definition) is 1. The molecule has 0 saturated heterocycles. The number of nitrogens with zero attached hydrogens (tertiary/aromatic N) is 1. The molecule has 92 valence electrons. The zero-order chi connectivity index (χ0) is 13.2. The third-order valence-electron chi connectivity index (χ3n) is 1.83. The van der Waals surface area contributed by atoms with Gasteiger partial charge in [-0.3, -0.25) is 4.79 Å². The van der Waals surface area contributed by atoms with Gasteiger partial charge in [0.25, 0.3) is 0 Å². The molecule has 0 radical (unpaired) electrons. The van der Waals surface area contributed by atoms with Gasteiger partial charge in [-0.15, -0.1) is 0 Å².